The lowest BCUT2D eigenvalue weighted by atomic mass is 9.94. The van der Waals surface area contributed by atoms with Crippen molar-refractivity contribution in [3.63, 3.8) is 0 Å². The number of ether oxygens (including phenoxy) is 3. The van der Waals surface area contributed by atoms with Gasteiger partial charge in [0.05, 0.1) is 37.5 Å². The Balaban J connectivity index is 1.93. The Bertz CT molecular complexity index is 1290. The van der Waals surface area contributed by atoms with Crippen molar-refractivity contribution >= 4 is 23.1 Å². The summed E-state index contributed by atoms with van der Waals surface area (Å²) in [6, 6.07) is 18.6. The second kappa shape index (κ2) is 10.6. The molecule has 7 heteroatoms. The zero-order valence-corrected chi connectivity index (χ0v) is 20.8. The van der Waals surface area contributed by atoms with Crippen LogP contribution in [0.2, 0.25) is 0 Å². The number of amides is 1. The summed E-state index contributed by atoms with van der Waals surface area (Å²) >= 11 is 0. The summed E-state index contributed by atoms with van der Waals surface area (Å²) in [6.45, 7) is 6.45. The number of hydrogen-bond donors (Lipinski definition) is 1. The molecule has 7 nitrogen and oxygen atoms in total. The second-order valence-corrected chi connectivity index (χ2v) is 8.30. The van der Waals surface area contributed by atoms with Gasteiger partial charge in [0.15, 0.2) is 0 Å². The Morgan fingerprint density at radius 3 is 2.14 bits per heavy atom. The maximum absolute atomic E-state index is 13.4. The fraction of sp³-hybridized carbons (Fsp3) is 0.241. The van der Waals surface area contributed by atoms with Crippen LogP contribution in [0.3, 0.4) is 0 Å². The van der Waals surface area contributed by atoms with Gasteiger partial charge in [0, 0.05) is 11.8 Å². The third-order valence-electron chi connectivity index (χ3n) is 6.01. The number of carbonyl (C=O) groups excluding carboxylic acids is 2. The number of anilines is 1. The van der Waals surface area contributed by atoms with Crippen molar-refractivity contribution in [2.45, 2.75) is 26.8 Å². The Morgan fingerprint density at radius 2 is 1.53 bits per heavy atom. The monoisotopic (exact) mass is 487 g/mol. The van der Waals surface area contributed by atoms with Crippen LogP contribution in [0.5, 0.6) is 17.2 Å². The number of aryl methyl sites for hydroxylation is 1. The number of Topliss-reactive ketones (excluding diaryl/α,β-unsaturated/α-hetero) is 1. The molecule has 1 unspecified atom stereocenters. The first kappa shape index (κ1) is 24.9. The Kier molecular flexibility index (Phi) is 7.29. The highest BCUT2D eigenvalue weighted by Gasteiger charge is 2.47. The molecule has 4 rings (SSSR count). The summed E-state index contributed by atoms with van der Waals surface area (Å²) in [7, 11) is 1.56. The number of aliphatic hydroxyl groups is 1. The molecule has 1 aliphatic rings. The van der Waals surface area contributed by atoms with Crippen LogP contribution in [-0.4, -0.2) is 37.1 Å². The Morgan fingerprint density at radius 1 is 0.889 bits per heavy atom. The summed E-state index contributed by atoms with van der Waals surface area (Å²) in [6.07, 6.45) is 0. The van der Waals surface area contributed by atoms with Crippen LogP contribution < -0.4 is 19.1 Å². The van der Waals surface area contributed by atoms with Gasteiger partial charge in [-0.2, -0.15) is 0 Å². The van der Waals surface area contributed by atoms with Gasteiger partial charge >= 0.3 is 0 Å². The number of rotatable bonds is 8. The van der Waals surface area contributed by atoms with Crippen molar-refractivity contribution in [1.82, 2.24) is 0 Å². The van der Waals surface area contributed by atoms with E-state index in [0.29, 0.717) is 47.3 Å². The van der Waals surface area contributed by atoms with Crippen molar-refractivity contribution in [2.24, 2.45) is 0 Å². The zero-order valence-electron chi connectivity index (χ0n) is 20.8. The van der Waals surface area contributed by atoms with E-state index in [0.717, 1.165) is 5.56 Å². The molecule has 1 aliphatic heterocycles. The SMILES string of the molecule is CCOc1ccc(/C(O)=C2/C(=O)C(=O)N(c3ccc(C)cc3)C2c2ccc(OC)cc2)c(OCC)c1. The van der Waals surface area contributed by atoms with Crippen LogP contribution in [-0.2, 0) is 9.59 Å². The number of carbonyl (C=O) groups is 2. The van der Waals surface area contributed by atoms with E-state index in [2.05, 4.69) is 0 Å². The van der Waals surface area contributed by atoms with E-state index in [1.54, 1.807) is 61.7 Å². The van der Waals surface area contributed by atoms with Crippen molar-refractivity contribution in [3.8, 4) is 17.2 Å². The molecular formula is C29H29NO6. The van der Waals surface area contributed by atoms with Gasteiger partial charge in [-0.25, -0.2) is 0 Å². The number of aliphatic hydroxyl groups excluding tert-OH is 1. The fourth-order valence-corrected chi connectivity index (χ4v) is 4.28. The van der Waals surface area contributed by atoms with Crippen LogP contribution in [0.4, 0.5) is 5.69 Å². The molecular weight excluding hydrogens is 458 g/mol. The summed E-state index contributed by atoms with van der Waals surface area (Å²) < 4.78 is 16.6. The van der Waals surface area contributed by atoms with Crippen LogP contribution in [0.1, 0.15) is 36.6 Å². The smallest absolute Gasteiger partial charge is 0.300 e. The Labute approximate surface area is 210 Å². The quantitative estimate of drug-likeness (QED) is 0.259. The van der Waals surface area contributed by atoms with E-state index in [9.17, 15) is 14.7 Å². The highest BCUT2D eigenvalue weighted by Crippen LogP contribution is 2.44. The van der Waals surface area contributed by atoms with E-state index in [1.807, 2.05) is 32.9 Å². The lowest BCUT2D eigenvalue weighted by molar-refractivity contribution is -0.132. The Hall–Kier alpha value is -4.26. The van der Waals surface area contributed by atoms with Gasteiger partial charge in [0.2, 0.25) is 0 Å². The average Bonchev–Trinajstić information content (AvgIpc) is 3.15. The van der Waals surface area contributed by atoms with Crippen LogP contribution >= 0.6 is 0 Å². The van der Waals surface area contributed by atoms with E-state index in [1.165, 1.54) is 4.90 Å². The second-order valence-electron chi connectivity index (χ2n) is 8.30. The zero-order chi connectivity index (χ0) is 25.8. The third kappa shape index (κ3) is 4.64. The van der Waals surface area contributed by atoms with Gasteiger partial charge < -0.3 is 19.3 Å². The number of benzene rings is 3. The number of hydrogen-bond acceptors (Lipinski definition) is 6. The molecule has 0 spiro atoms. The molecule has 0 saturated carbocycles. The van der Waals surface area contributed by atoms with Gasteiger partial charge in [0.1, 0.15) is 23.0 Å². The van der Waals surface area contributed by atoms with E-state index in [4.69, 9.17) is 14.2 Å². The maximum atomic E-state index is 13.4. The number of methoxy groups -OCH3 is 1. The highest BCUT2D eigenvalue weighted by atomic mass is 16.5. The minimum Gasteiger partial charge on any atom is -0.507 e. The van der Waals surface area contributed by atoms with Crippen molar-refractivity contribution in [3.05, 3.63) is 89.0 Å². The highest BCUT2D eigenvalue weighted by molar-refractivity contribution is 6.51. The minimum absolute atomic E-state index is 0.0177. The largest absolute Gasteiger partial charge is 0.507 e. The molecule has 0 aliphatic carbocycles. The minimum atomic E-state index is -0.848. The molecule has 1 saturated heterocycles. The summed E-state index contributed by atoms with van der Waals surface area (Å²) in [5.74, 6) is -0.234. The van der Waals surface area contributed by atoms with E-state index >= 15 is 0 Å². The van der Waals surface area contributed by atoms with Gasteiger partial charge in [-0.1, -0.05) is 29.8 Å². The van der Waals surface area contributed by atoms with Crippen molar-refractivity contribution in [1.29, 1.82) is 0 Å². The van der Waals surface area contributed by atoms with Crippen LogP contribution in [0.25, 0.3) is 5.76 Å². The van der Waals surface area contributed by atoms with Crippen molar-refractivity contribution < 1.29 is 28.9 Å². The number of ketones is 1. The summed E-state index contributed by atoms with van der Waals surface area (Å²) in [5, 5.41) is 11.5. The lowest BCUT2D eigenvalue weighted by Crippen LogP contribution is -2.29. The average molecular weight is 488 g/mol. The molecule has 0 bridgehead atoms. The molecule has 0 aromatic heterocycles. The van der Waals surface area contributed by atoms with Crippen LogP contribution in [0, 0.1) is 6.92 Å². The maximum Gasteiger partial charge on any atom is 0.300 e. The standard InChI is InChI=1S/C29H29NO6/c1-5-35-22-15-16-23(24(17-22)36-6-2)27(31)25-26(19-9-13-21(34-4)14-10-19)30(29(33)28(25)32)20-11-7-18(3)8-12-20/h7-17,26,31H,5-6H2,1-4H3/b27-25-. The first-order valence-electron chi connectivity index (χ1n) is 11.8. The lowest BCUT2D eigenvalue weighted by Gasteiger charge is -2.26. The molecule has 1 heterocycles. The molecule has 36 heavy (non-hydrogen) atoms. The molecule has 3 aromatic rings. The van der Waals surface area contributed by atoms with Gasteiger partial charge in [0.25, 0.3) is 11.7 Å². The summed E-state index contributed by atoms with van der Waals surface area (Å²) in [4.78, 5) is 28.2. The molecule has 1 N–H and O–H groups in total. The first-order valence-corrected chi connectivity index (χ1v) is 11.8. The summed E-state index contributed by atoms with van der Waals surface area (Å²) in [5.41, 5.74) is 2.52. The number of nitrogens with zero attached hydrogens (tertiary/aromatic N) is 1. The molecule has 0 radical (unpaired) electrons. The molecule has 1 atom stereocenters. The van der Waals surface area contributed by atoms with Gasteiger partial charge in [-0.15, -0.1) is 0 Å². The first-order chi connectivity index (χ1) is 17.4. The van der Waals surface area contributed by atoms with Crippen LogP contribution in [0.15, 0.2) is 72.3 Å². The van der Waals surface area contributed by atoms with Gasteiger partial charge in [-0.3, -0.25) is 14.5 Å². The third-order valence-corrected chi connectivity index (χ3v) is 6.01. The normalized spacial score (nSPS) is 16.8. The van der Waals surface area contributed by atoms with E-state index in [-0.39, 0.29) is 11.3 Å². The van der Waals surface area contributed by atoms with Gasteiger partial charge in [-0.05, 0) is 62.7 Å². The molecule has 1 amide bonds. The topological polar surface area (TPSA) is 85.3 Å². The predicted molar refractivity (Wildman–Crippen MR) is 138 cm³/mol. The molecule has 1 fully saturated rings. The predicted octanol–water partition coefficient (Wildman–Crippen LogP) is 5.43. The van der Waals surface area contributed by atoms with E-state index < -0.39 is 17.7 Å². The van der Waals surface area contributed by atoms with Crippen molar-refractivity contribution in [2.75, 3.05) is 25.2 Å². The molecule has 186 valence electrons. The molecule has 3 aromatic carbocycles. The fourth-order valence-electron chi connectivity index (χ4n) is 4.28.